The van der Waals surface area contributed by atoms with E-state index in [2.05, 4.69) is 12.1 Å². The summed E-state index contributed by atoms with van der Waals surface area (Å²) in [5, 5.41) is 8.76. The number of fused-ring (bicyclic) bond motifs is 1. The van der Waals surface area contributed by atoms with E-state index in [4.69, 9.17) is 10.8 Å². The molecule has 1 heterocycles. The summed E-state index contributed by atoms with van der Waals surface area (Å²) in [6, 6.07) is 7.39. The van der Waals surface area contributed by atoms with Crippen LogP contribution < -0.4 is 5.73 Å². The minimum Gasteiger partial charge on any atom is -0.480 e. The van der Waals surface area contributed by atoms with Crippen LogP contribution >= 0.6 is 24.2 Å². The first-order valence-electron chi connectivity index (χ1n) is 4.88. The molecule has 0 bridgehead atoms. The molecule has 0 amide bonds. The first kappa shape index (κ1) is 13.4. The van der Waals surface area contributed by atoms with Gasteiger partial charge in [-0.2, -0.15) is 0 Å². The zero-order valence-corrected chi connectivity index (χ0v) is 10.3. The maximum absolute atomic E-state index is 10.7. The molecule has 2 atom stereocenters. The summed E-state index contributed by atoms with van der Waals surface area (Å²) >= 11 is 1.78. The second-order valence-electron chi connectivity index (χ2n) is 3.73. The monoisotopic (exact) mass is 259 g/mol. The van der Waals surface area contributed by atoms with Crippen molar-refractivity contribution in [1.29, 1.82) is 0 Å². The van der Waals surface area contributed by atoms with Crippen molar-refractivity contribution in [2.24, 2.45) is 5.73 Å². The smallest absolute Gasteiger partial charge is 0.320 e. The second-order valence-corrected chi connectivity index (χ2v) is 4.79. The average molecular weight is 260 g/mol. The quantitative estimate of drug-likeness (QED) is 0.873. The molecular formula is C11H14ClNO2S. The number of carboxylic acid groups (broad SMARTS) is 1. The van der Waals surface area contributed by atoms with E-state index in [-0.39, 0.29) is 18.3 Å². The fourth-order valence-corrected chi connectivity index (χ4v) is 3.10. The Kier molecular flexibility index (Phi) is 4.65. The third kappa shape index (κ3) is 2.70. The van der Waals surface area contributed by atoms with E-state index in [1.165, 1.54) is 10.5 Å². The molecule has 16 heavy (non-hydrogen) atoms. The Labute approximate surface area is 105 Å². The number of carbonyl (C=O) groups is 1. The van der Waals surface area contributed by atoms with Crippen LogP contribution in [0.25, 0.3) is 0 Å². The summed E-state index contributed by atoms with van der Waals surface area (Å²) in [5.41, 5.74) is 6.79. The molecule has 0 radical (unpaired) electrons. The van der Waals surface area contributed by atoms with Crippen molar-refractivity contribution in [3.05, 3.63) is 29.8 Å². The fourth-order valence-electron chi connectivity index (χ4n) is 1.83. The summed E-state index contributed by atoms with van der Waals surface area (Å²) in [7, 11) is 0. The van der Waals surface area contributed by atoms with E-state index >= 15 is 0 Å². The number of thioether (sulfide) groups is 1. The molecule has 0 saturated carbocycles. The minimum atomic E-state index is -0.913. The highest BCUT2D eigenvalue weighted by Gasteiger charge is 2.26. The summed E-state index contributed by atoms with van der Waals surface area (Å²) in [6.45, 7) is 0. The molecule has 2 unspecified atom stereocenters. The molecule has 88 valence electrons. The first-order valence-corrected chi connectivity index (χ1v) is 5.87. The number of halogens is 1. The molecule has 5 heteroatoms. The van der Waals surface area contributed by atoms with E-state index in [0.717, 1.165) is 5.75 Å². The lowest BCUT2D eigenvalue weighted by Gasteiger charge is -2.13. The average Bonchev–Trinajstić information content (AvgIpc) is 2.62. The molecule has 0 fully saturated rings. The predicted octanol–water partition coefficient (Wildman–Crippen LogP) is 2.10. The second kappa shape index (κ2) is 5.57. The van der Waals surface area contributed by atoms with Crippen LogP contribution in [0.3, 0.4) is 0 Å². The number of carboxylic acids is 1. The van der Waals surface area contributed by atoms with E-state index in [1.54, 1.807) is 11.8 Å². The van der Waals surface area contributed by atoms with Crippen LogP contribution in [0.1, 0.15) is 17.9 Å². The highest BCUT2D eigenvalue weighted by atomic mass is 35.5. The van der Waals surface area contributed by atoms with Gasteiger partial charge in [-0.15, -0.1) is 24.2 Å². The highest BCUT2D eigenvalue weighted by molar-refractivity contribution is 7.99. The predicted molar refractivity (Wildman–Crippen MR) is 67.4 cm³/mol. The van der Waals surface area contributed by atoms with Gasteiger partial charge in [0.2, 0.25) is 0 Å². The number of hydrogen-bond acceptors (Lipinski definition) is 3. The molecule has 0 saturated heterocycles. The summed E-state index contributed by atoms with van der Waals surface area (Å²) in [4.78, 5) is 11.9. The SMILES string of the molecule is Cl.NC(CC1CSc2ccccc21)C(=O)O. The van der Waals surface area contributed by atoms with Gasteiger partial charge in [-0.1, -0.05) is 18.2 Å². The Hall–Kier alpha value is -0.710. The maximum atomic E-state index is 10.7. The van der Waals surface area contributed by atoms with Gasteiger partial charge in [0.15, 0.2) is 0 Å². The first-order chi connectivity index (χ1) is 7.18. The molecule has 2 rings (SSSR count). The zero-order chi connectivity index (χ0) is 10.8. The molecule has 0 aromatic heterocycles. The summed E-state index contributed by atoms with van der Waals surface area (Å²) < 4.78 is 0. The summed E-state index contributed by atoms with van der Waals surface area (Å²) in [6.07, 6.45) is 0.527. The molecule has 1 aliphatic rings. The van der Waals surface area contributed by atoms with Crippen molar-refractivity contribution < 1.29 is 9.90 Å². The highest BCUT2D eigenvalue weighted by Crippen LogP contribution is 2.41. The number of hydrogen-bond donors (Lipinski definition) is 2. The minimum absolute atomic E-state index is 0. The Morgan fingerprint density at radius 2 is 2.25 bits per heavy atom. The normalized spacial score (nSPS) is 19.7. The van der Waals surface area contributed by atoms with E-state index in [0.29, 0.717) is 6.42 Å². The van der Waals surface area contributed by atoms with Gasteiger partial charge in [-0.25, -0.2) is 0 Å². The molecule has 0 spiro atoms. The lowest BCUT2D eigenvalue weighted by molar-refractivity contribution is -0.138. The van der Waals surface area contributed by atoms with Crippen LogP contribution in [-0.4, -0.2) is 22.9 Å². The third-order valence-electron chi connectivity index (χ3n) is 2.65. The van der Waals surface area contributed by atoms with Crippen molar-refractivity contribution >= 4 is 30.1 Å². The number of aliphatic carboxylic acids is 1. The number of rotatable bonds is 3. The van der Waals surface area contributed by atoms with Crippen molar-refractivity contribution in [2.45, 2.75) is 23.3 Å². The molecule has 1 aliphatic heterocycles. The van der Waals surface area contributed by atoms with Gasteiger partial charge in [-0.3, -0.25) is 4.79 Å². The zero-order valence-electron chi connectivity index (χ0n) is 8.63. The van der Waals surface area contributed by atoms with Gasteiger partial charge >= 0.3 is 5.97 Å². The molecular weight excluding hydrogens is 246 g/mol. The van der Waals surface area contributed by atoms with Crippen LogP contribution in [-0.2, 0) is 4.79 Å². The van der Waals surface area contributed by atoms with Gasteiger partial charge < -0.3 is 10.8 Å². The van der Waals surface area contributed by atoms with Crippen LogP contribution in [0.15, 0.2) is 29.2 Å². The number of nitrogens with two attached hydrogens (primary N) is 1. The molecule has 3 N–H and O–H groups in total. The van der Waals surface area contributed by atoms with Gasteiger partial charge in [0, 0.05) is 10.6 Å². The van der Waals surface area contributed by atoms with Crippen LogP contribution in [0, 0.1) is 0 Å². The Bertz CT molecular complexity index is 386. The Balaban J connectivity index is 0.00000128. The third-order valence-corrected chi connectivity index (χ3v) is 3.91. The van der Waals surface area contributed by atoms with Crippen molar-refractivity contribution in [3.8, 4) is 0 Å². The molecule has 0 aliphatic carbocycles. The number of benzene rings is 1. The van der Waals surface area contributed by atoms with Crippen LogP contribution in [0.4, 0.5) is 0 Å². The lowest BCUT2D eigenvalue weighted by atomic mass is 9.94. The summed E-state index contributed by atoms with van der Waals surface area (Å²) in [5.74, 6) is 0.321. The Morgan fingerprint density at radius 1 is 1.56 bits per heavy atom. The van der Waals surface area contributed by atoms with Gasteiger partial charge in [0.05, 0.1) is 0 Å². The van der Waals surface area contributed by atoms with Crippen molar-refractivity contribution in [2.75, 3.05) is 5.75 Å². The van der Waals surface area contributed by atoms with Gasteiger partial charge in [-0.05, 0) is 24.0 Å². The van der Waals surface area contributed by atoms with Crippen LogP contribution in [0.5, 0.6) is 0 Å². The lowest BCUT2D eigenvalue weighted by Crippen LogP contribution is -2.31. The van der Waals surface area contributed by atoms with Gasteiger partial charge in [0.25, 0.3) is 0 Å². The maximum Gasteiger partial charge on any atom is 0.320 e. The fraction of sp³-hybridized carbons (Fsp3) is 0.364. The largest absolute Gasteiger partial charge is 0.480 e. The van der Waals surface area contributed by atoms with E-state index in [9.17, 15) is 4.79 Å². The topological polar surface area (TPSA) is 63.3 Å². The Morgan fingerprint density at radius 3 is 2.94 bits per heavy atom. The molecule has 1 aromatic rings. The molecule has 3 nitrogen and oxygen atoms in total. The molecule has 1 aromatic carbocycles. The van der Waals surface area contributed by atoms with Gasteiger partial charge in [0.1, 0.15) is 6.04 Å². The van der Waals surface area contributed by atoms with Crippen LogP contribution in [0.2, 0.25) is 0 Å². The van der Waals surface area contributed by atoms with E-state index in [1.807, 2.05) is 12.1 Å². The standard InChI is InChI=1S/C11H13NO2S.ClH/c12-9(11(13)14)5-7-6-15-10-4-2-1-3-8(7)10;/h1-4,7,9H,5-6,12H2,(H,13,14);1H. The van der Waals surface area contributed by atoms with Crippen molar-refractivity contribution in [1.82, 2.24) is 0 Å². The van der Waals surface area contributed by atoms with E-state index < -0.39 is 12.0 Å². The van der Waals surface area contributed by atoms with Crippen molar-refractivity contribution in [3.63, 3.8) is 0 Å².